The predicted molar refractivity (Wildman–Crippen MR) is 101 cm³/mol. The van der Waals surface area contributed by atoms with E-state index in [9.17, 15) is 13.2 Å². The standard InChI is InChI=1S/C19H30N2O3S/c1-3-13-25(23,24)21-12-8-11-18(15-21)19(22)20-14-16(4-2)17-9-6-5-7-10-17/h5-7,9-10,16,18H,3-4,8,11-15H2,1-2H3,(H,20,22)/t16-,18+/m0/s1. The summed E-state index contributed by atoms with van der Waals surface area (Å²) in [6, 6.07) is 10.2. The molecule has 1 fully saturated rings. The molecule has 0 saturated carbocycles. The Kier molecular flexibility index (Phi) is 7.44. The molecule has 5 nitrogen and oxygen atoms in total. The van der Waals surface area contributed by atoms with Gasteiger partial charge in [-0.3, -0.25) is 4.79 Å². The smallest absolute Gasteiger partial charge is 0.224 e. The van der Waals surface area contributed by atoms with Crippen molar-refractivity contribution < 1.29 is 13.2 Å². The lowest BCUT2D eigenvalue weighted by Gasteiger charge is -2.31. The molecule has 0 radical (unpaired) electrons. The van der Waals surface area contributed by atoms with Gasteiger partial charge in [0, 0.05) is 25.6 Å². The lowest BCUT2D eigenvalue weighted by atomic mass is 9.95. The van der Waals surface area contributed by atoms with Crippen molar-refractivity contribution in [3.05, 3.63) is 35.9 Å². The maximum atomic E-state index is 12.5. The average Bonchev–Trinajstić information content (AvgIpc) is 2.63. The van der Waals surface area contributed by atoms with Crippen LogP contribution in [-0.4, -0.2) is 44.0 Å². The van der Waals surface area contributed by atoms with E-state index in [1.807, 2.05) is 25.1 Å². The minimum Gasteiger partial charge on any atom is -0.355 e. The third-order valence-corrected chi connectivity index (χ3v) is 6.94. The van der Waals surface area contributed by atoms with Gasteiger partial charge in [0.1, 0.15) is 0 Å². The molecule has 2 atom stereocenters. The van der Waals surface area contributed by atoms with Crippen LogP contribution in [-0.2, 0) is 14.8 Å². The molecule has 0 aromatic heterocycles. The van der Waals surface area contributed by atoms with Crippen LogP contribution in [0.5, 0.6) is 0 Å². The van der Waals surface area contributed by atoms with Crippen molar-refractivity contribution in [1.29, 1.82) is 0 Å². The fraction of sp³-hybridized carbons (Fsp3) is 0.632. The Balaban J connectivity index is 1.92. The molecule has 1 N–H and O–H groups in total. The minimum atomic E-state index is -3.23. The molecule has 25 heavy (non-hydrogen) atoms. The Hall–Kier alpha value is -1.40. The van der Waals surface area contributed by atoms with Gasteiger partial charge in [-0.25, -0.2) is 12.7 Å². The fourth-order valence-corrected chi connectivity index (χ4v) is 4.98. The minimum absolute atomic E-state index is 0.0224. The molecule has 1 heterocycles. The molecule has 0 spiro atoms. The van der Waals surface area contributed by atoms with Gasteiger partial charge in [0.25, 0.3) is 0 Å². The molecule has 1 amide bonds. The van der Waals surface area contributed by atoms with Gasteiger partial charge in [0.15, 0.2) is 0 Å². The van der Waals surface area contributed by atoms with Crippen LogP contribution >= 0.6 is 0 Å². The summed E-state index contributed by atoms with van der Waals surface area (Å²) in [5.41, 5.74) is 1.22. The van der Waals surface area contributed by atoms with Gasteiger partial charge in [0.05, 0.1) is 11.7 Å². The fourth-order valence-electron chi connectivity index (χ4n) is 3.39. The molecule has 6 heteroatoms. The lowest BCUT2D eigenvalue weighted by Crippen LogP contribution is -2.46. The third kappa shape index (κ3) is 5.54. The van der Waals surface area contributed by atoms with Crippen LogP contribution in [0.3, 0.4) is 0 Å². The highest BCUT2D eigenvalue weighted by molar-refractivity contribution is 7.89. The summed E-state index contributed by atoms with van der Waals surface area (Å²) in [6.07, 6.45) is 3.06. The maximum Gasteiger partial charge on any atom is 0.224 e. The third-order valence-electron chi connectivity index (χ3n) is 4.90. The summed E-state index contributed by atoms with van der Waals surface area (Å²) in [5.74, 6) is 0.181. The van der Waals surface area contributed by atoms with E-state index in [0.717, 1.165) is 19.3 Å². The van der Waals surface area contributed by atoms with Crippen molar-refractivity contribution in [1.82, 2.24) is 9.62 Å². The molecule has 0 bridgehead atoms. The van der Waals surface area contributed by atoms with Gasteiger partial charge in [-0.05, 0) is 31.2 Å². The molecule has 1 aromatic carbocycles. The summed E-state index contributed by atoms with van der Waals surface area (Å²) < 4.78 is 26.0. The van der Waals surface area contributed by atoms with Crippen LogP contribution in [0.1, 0.15) is 51.0 Å². The molecule has 140 valence electrons. The highest BCUT2D eigenvalue weighted by Crippen LogP contribution is 2.21. The number of carbonyl (C=O) groups is 1. The van der Waals surface area contributed by atoms with Crippen molar-refractivity contribution in [2.24, 2.45) is 5.92 Å². The number of amides is 1. The molecule has 1 aromatic rings. The van der Waals surface area contributed by atoms with Crippen LogP contribution in [0.2, 0.25) is 0 Å². The summed E-state index contributed by atoms with van der Waals surface area (Å²) in [5, 5.41) is 3.05. The van der Waals surface area contributed by atoms with Crippen molar-refractivity contribution >= 4 is 15.9 Å². The first-order chi connectivity index (χ1) is 12.0. The molecular formula is C19H30N2O3S. The zero-order valence-electron chi connectivity index (χ0n) is 15.3. The van der Waals surface area contributed by atoms with Crippen molar-refractivity contribution in [3.63, 3.8) is 0 Å². The van der Waals surface area contributed by atoms with E-state index in [2.05, 4.69) is 24.4 Å². The molecular weight excluding hydrogens is 336 g/mol. The zero-order valence-corrected chi connectivity index (χ0v) is 16.1. The molecule has 2 rings (SSSR count). The van der Waals surface area contributed by atoms with Crippen LogP contribution in [0.4, 0.5) is 0 Å². The Morgan fingerprint density at radius 2 is 2.00 bits per heavy atom. The van der Waals surface area contributed by atoms with E-state index in [4.69, 9.17) is 0 Å². The normalized spacial score (nSPS) is 20.2. The monoisotopic (exact) mass is 366 g/mol. The molecule has 0 aliphatic carbocycles. The number of carbonyl (C=O) groups excluding carboxylic acids is 1. The first-order valence-electron chi connectivity index (χ1n) is 9.28. The van der Waals surface area contributed by atoms with Gasteiger partial charge in [-0.1, -0.05) is 44.2 Å². The maximum absolute atomic E-state index is 12.5. The average molecular weight is 367 g/mol. The van der Waals surface area contributed by atoms with Gasteiger partial charge in [-0.15, -0.1) is 0 Å². The van der Waals surface area contributed by atoms with Gasteiger partial charge < -0.3 is 5.32 Å². The first kappa shape index (κ1) is 19.9. The Bertz CT molecular complexity index is 646. The number of hydrogen-bond acceptors (Lipinski definition) is 3. The molecule has 1 aliphatic heterocycles. The number of rotatable bonds is 8. The van der Waals surface area contributed by atoms with E-state index in [1.54, 1.807) is 0 Å². The summed E-state index contributed by atoms with van der Waals surface area (Å²) >= 11 is 0. The number of nitrogens with one attached hydrogen (secondary N) is 1. The largest absolute Gasteiger partial charge is 0.355 e. The SMILES string of the molecule is CCCS(=O)(=O)N1CCC[C@@H](C(=O)NC[C@H](CC)c2ccccc2)C1. The number of sulfonamides is 1. The number of piperidine rings is 1. The number of hydrogen-bond donors (Lipinski definition) is 1. The van der Waals surface area contributed by atoms with Crippen molar-refractivity contribution in [2.75, 3.05) is 25.4 Å². The highest BCUT2D eigenvalue weighted by atomic mass is 32.2. The second-order valence-corrected chi connectivity index (χ2v) is 8.86. The van der Waals surface area contributed by atoms with E-state index in [-0.39, 0.29) is 23.5 Å². The second kappa shape index (κ2) is 9.34. The number of nitrogens with zero attached hydrogens (tertiary/aromatic N) is 1. The van der Waals surface area contributed by atoms with E-state index in [1.165, 1.54) is 9.87 Å². The Morgan fingerprint density at radius 3 is 2.64 bits per heavy atom. The topological polar surface area (TPSA) is 66.5 Å². The summed E-state index contributed by atoms with van der Waals surface area (Å²) in [7, 11) is -3.23. The molecule has 1 saturated heterocycles. The quantitative estimate of drug-likeness (QED) is 0.769. The van der Waals surface area contributed by atoms with Crippen LogP contribution in [0, 0.1) is 5.92 Å². The number of benzene rings is 1. The van der Waals surface area contributed by atoms with Crippen molar-refractivity contribution in [3.8, 4) is 0 Å². The first-order valence-corrected chi connectivity index (χ1v) is 10.9. The second-order valence-electron chi connectivity index (χ2n) is 6.77. The van der Waals surface area contributed by atoms with Crippen LogP contribution in [0.25, 0.3) is 0 Å². The lowest BCUT2D eigenvalue weighted by molar-refractivity contribution is -0.126. The summed E-state index contributed by atoms with van der Waals surface area (Å²) in [4.78, 5) is 12.5. The zero-order chi connectivity index (χ0) is 18.3. The highest BCUT2D eigenvalue weighted by Gasteiger charge is 2.31. The van der Waals surface area contributed by atoms with E-state index >= 15 is 0 Å². The van der Waals surface area contributed by atoms with Crippen LogP contribution in [0.15, 0.2) is 30.3 Å². The van der Waals surface area contributed by atoms with E-state index in [0.29, 0.717) is 26.1 Å². The predicted octanol–water partition coefficient (Wildman–Crippen LogP) is 2.75. The molecule has 0 unspecified atom stereocenters. The Morgan fingerprint density at radius 1 is 1.28 bits per heavy atom. The summed E-state index contributed by atoms with van der Waals surface area (Å²) in [6.45, 7) is 5.42. The molecule has 1 aliphatic rings. The van der Waals surface area contributed by atoms with Crippen molar-refractivity contribution in [2.45, 2.75) is 45.4 Å². The van der Waals surface area contributed by atoms with Gasteiger partial charge in [-0.2, -0.15) is 0 Å². The van der Waals surface area contributed by atoms with Gasteiger partial charge in [0.2, 0.25) is 15.9 Å². The van der Waals surface area contributed by atoms with Crippen LogP contribution < -0.4 is 5.32 Å². The Labute approximate surface area is 151 Å². The van der Waals surface area contributed by atoms with E-state index < -0.39 is 10.0 Å². The van der Waals surface area contributed by atoms with Gasteiger partial charge >= 0.3 is 0 Å².